The maximum atomic E-state index is 12.3. The number of ether oxygens (including phenoxy) is 1. The van der Waals surface area contributed by atoms with E-state index in [1.54, 1.807) is 23.1 Å². The Labute approximate surface area is 106 Å². The van der Waals surface area contributed by atoms with Gasteiger partial charge in [0.05, 0.1) is 18.8 Å². The molecule has 1 aliphatic rings. The Morgan fingerprint density at radius 2 is 2.29 bits per heavy atom. The van der Waals surface area contributed by atoms with Crippen molar-refractivity contribution in [2.45, 2.75) is 26.0 Å². The molecule has 92 valence electrons. The molecule has 0 spiro atoms. The predicted octanol–water partition coefficient (Wildman–Crippen LogP) is 1.98. The first-order chi connectivity index (χ1) is 8.08. The molecule has 0 saturated carbocycles. The van der Waals surface area contributed by atoms with Gasteiger partial charge in [-0.15, -0.1) is 0 Å². The van der Waals surface area contributed by atoms with Crippen LogP contribution in [0.2, 0.25) is 5.15 Å². The largest absolute Gasteiger partial charge is 0.375 e. The van der Waals surface area contributed by atoms with E-state index in [4.69, 9.17) is 16.3 Å². The lowest BCUT2D eigenvalue weighted by molar-refractivity contribution is -0.0389. The van der Waals surface area contributed by atoms with Crippen LogP contribution >= 0.6 is 11.6 Å². The molecular weight excluding hydrogens is 240 g/mol. The summed E-state index contributed by atoms with van der Waals surface area (Å²) in [6.07, 6.45) is 0.0642. The van der Waals surface area contributed by atoms with Crippen molar-refractivity contribution < 1.29 is 9.53 Å². The van der Waals surface area contributed by atoms with E-state index in [1.807, 2.05) is 13.8 Å². The van der Waals surface area contributed by atoms with Gasteiger partial charge < -0.3 is 9.64 Å². The summed E-state index contributed by atoms with van der Waals surface area (Å²) in [7, 11) is 0. The van der Waals surface area contributed by atoms with Crippen molar-refractivity contribution in [3.8, 4) is 0 Å². The van der Waals surface area contributed by atoms with E-state index in [-0.39, 0.29) is 18.1 Å². The minimum absolute atomic E-state index is 0.0642. The lowest BCUT2D eigenvalue weighted by Gasteiger charge is -2.36. The monoisotopic (exact) mass is 254 g/mol. The molecule has 5 heteroatoms. The molecule has 1 aromatic heterocycles. The van der Waals surface area contributed by atoms with Crippen LogP contribution in [0, 0.1) is 0 Å². The van der Waals surface area contributed by atoms with E-state index >= 15 is 0 Å². The van der Waals surface area contributed by atoms with Crippen LogP contribution in [0.25, 0.3) is 0 Å². The highest BCUT2D eigenvalue weighted by molar-refractivity contribution is 6.29. The highest BCUT2D eigenvalue weighted by atomic mass is 35.5. The fourth-order valence-electron chi connectivity index (χ4n) is 1.86. The fourth-order valence-corrected chi connectivity index (χ4v) is 2.02. The van der Waals surface area contributed by atoms with Gasteiger partial charge >= 0.3 is 0 Å². The quantitative estimate of drug-likeness (QED) is 0.720. The first-order valence-electron chi connectivity index (χ1n) is 5.63. The molecule has 1 fully saturated rings. The van der Waals surface area contributed by atoms with Crippen LogP contribution in [0.5, 0.6) is 0 Å². The smallest absolute Gasteiger partial charge is 0.272 e. The number of aromatic nitrogens is 1. The van der Waals surface area contributed by atoms with Crippen LogP contribution in [-0.2, 0) is 4.74 Å². The summed E-state index contributed by atoms with van der Waals surface area (Å²) in [4.78, 5) is 18.1. The summed E-state index contributed by atoms with van der Waals surface area (Å²) in [5.41, 5.74) is 0.387. The number of carbonyl (C=O) groups excluding carboxylic acids is 1. The highest BCUT2D eigenvalue weighted by Crippen LogP contribution is 2.15. The zero-order valence-corrected chi connectivity index (χ0v) is 10.6. The van der Waals surface area contributed by atoms with Gasteiger partial charge in [-0.1, -0.05) is 17.7 Å². The number of halogens is 1. The normalized spacial score (nSPS) is 24.8. The summed E-state index contributed by atoms with van der Waals surface area (Å²) in [6.45, 7) is 5.08. The van der Waals surface area contributed by atoms with Crippen molar-refractivity contribution in [2.24, 2.45) is 0 Å². The number of hydrogen-bond acceptors (Lipinski definition) is 3. The molecule has 0 N–H and O–H groups in total. The molecule has 0 aliphatic carbocycles. The molecule has 17 heavy (non-hydrogen) atoms. The molecule has 4 nitrogen and oxygen atoms in total. The van der Waals surface area contributed by atoms with Crippen LogP contribution in [0.15, 0.2) is 18.2 Å². The van der Waals surface area contributed by atoms with Gasteiger partial charge in [0.2, 0.25) is 0 Å². The Balaban J connectivity index is 2.18. The maximum absolute atomic E-state index is 12.3. The van der Waals surface area contributed by atoms with Crippen LogP contribution < -0.4 is 0 Å². The molecule has 1 amide bonds. The van der Waals surface area contributed by atoms with Gasteiger partial charge in [0, 0.05) is 6.54 Å². The van der Waals surface area contributed by atoms with E-state index in [9.17, 15) is 4.79 Å². The third-order valence-electron chi connectivity index (χ3n) is 2.80. The molecule has 2 rings (SSSR count). The topological polar surface area (TPSA) is 42.4 Å². The van der Waals surface area contributed by atoms with Crippen molar-refractivity contribution in [3.05, 3.63) is 29.0 Å². The van der Waals surface area contributed by atoms with Gasteiger partial charge in [-0.2, -0.15) is 0 Å². The van der Waals surface area contributed by atoms with E-state index < -0.39 is 0 Å². The lowest BCUT2D eigenvalue weighted by atomic mass is 10.2. The third-order valence-corrected chi connectivity index (χ3v) is 3.01. The number of amides is 1. The molecule has 0 radical (unpaired) electrons. The van der Waals surface area contributed by atoms with E-state index in [1.165, 1.54) is 0 Å². The molecule has 2 atom stereocenters. The summed E-state index contributed by atoms with van der Waals surface area (Å²) in [6, 6.07) is 5.14. The molecule has 0 bridgehead atoms. The standard InChI is InChI=1S/C12H15ClN2O2/c1-8-7-17-9(2)6-15(8)12(16)10-4-3-5-11(13)14-10/h3-5,8-9H,6-7H2,1-2H3. The van der Waals surface area contributed by atoms with Crippen molar-refractivity contribution >= 4 is 17.5 Å². The number of rotatable bonds is 1. The summed E-state index contributed by atoms with van der Waals surface area (Å²) < 4.78 is 5.49. The van der Waals surface area contributed by atoms with Crippen LogP contribution in [-0.4, -0.2) is 41.1 Å². The van der Waals surface area contributed by atoms with Crippen LogP contribution in [0.4, 0.5) is 0 Å². The SMILES string of the molecule is CC1CN(C(=O)c2cccc(Cl)n2)C(C)CO1. The van der Waals surface area contributed by atoms with Crippen molar-refractivity contribution in [2.75, 3.05) is 13.2 Å². The Kier molecular flexibility index (Phi) is 3.64. The summed E-state index contributed by atoms with van der Waals surface area (Å²) >= 11 is 5.79. The highest BCUT2D eigenvalue weighted by Gasteiger charge is 2.28. The Hall–Kier alpha value is -1.13. The lowest BCUT2D eigenvalue weighted by Crippen LogP contribution is -2.50. The number of hydrogen-bond donors (Lipinski definition) is 0. The fraction of sp³-hybridized carbons (Fsp3) is 0.500. The Bertz CT molecular complexity index is 425. The van der Waals surface area contributed by atoms with E-state index in [2.05, 4.69) is 4.98 Å². The molecule has 1 saturated heterocycles. The zero-order chi connectivity index (χ0) is 12.4. The van der Waals surface area contributed by atoms with E-state index in [0.29, 0.717) is 24.0 Å². The van der Waals surface area contributed by atoms with Gasteiger partial charge in [-0.25, -0.2) is 4.98 Å². The summed E-state index contributed by atoms with van der Waals surface area (Å²) in [5.74, 6) is -0.0878. The van der Waals surface area contributed by atoms with Gasteiger partial charge in [0.1, 0.15) is 10.8 Å². The minimum Gasteiger partial charge on any atom is -0.375 e. The molecule has 1 aromatic rings. The summed E-state index contributed by atoms with van der Waals surface area (Å²) in [5, 5.41) is 0.338. The second-order valence-electron chi connectivity index (χ2n) is 4.30. The van der Waals surface area contributed by atoms with Crippen LogP contribution in [0.1, 0.15) is 24.3 Å². The first kappa shape index (κ1) is 12.3. The average molecular weight is 255 g/mol. The van der Waals surface area contributed by atoms with Crippen LogP contribution in [0.3, 0.4) is 0 Å². The van der Waals surface area contributed by atoms with Crippen molar-refractivity contribution in [1.29, 1.82) is 0 Å². The first-order valence-corrected chi connectivity index (χ1v) is 6.01. The molecule has 1 aliphatic heterocycles. The molecular formula is C12H15ClN2O2. The molecule has 2 heterocycles. The van der Waals surface area contributed by atoms with E-state index in [0.717, 1.165) is 0 Å². The zero-order valence-electron chi connectivity index (χ0n) is 9.89. The predicted molar refractivity (Wildman–Crippen MR) is 65.2 cm³/mol. The molecule has 2 unspecified atom stereocenters. The van der Waals surface area contributed by atoms with Crippen molar-refractivity contribution in [3.63, 3.8) is 0 Å². The number of carbonyl (C=O) groups is 1. The number of pyridine rings is 1. The maximum Gasteiger partial charge on any atom is 0.272 e. The van der Waals surface area contributed by atoms with Gasteiger partial charge in [-0.05, 0) is 26.0 Å². The van der Waals surface area contributed by atoms with Gasteiger partial charge in [-0.3, -0.25) is 4.79 Å². The number of morpholine rings is 1. The Morgan fingerprint density at radius 1 is 1.53 bits per heavy atom. The van der Waals surface area contributed by atoms with Crippen molar-refractivity contribution in [1.82, 2.24) is 9.88 Å². The average Bonchev–Trinajstić information content (AvgIpc) is 2.31. The second-order valence-corrected chi connectivity index (χ2v) is 4.68. The van der Waals surface area contributed by atoms with Gasteiger partial charge in [0.15, 0.2) is 0 Å². The second kappa shape index (κ2) is 5.02. The third kappa shape index (κ3) is 2.76. The Morgan fingerprint density at radius 3 is 3.00 bits per heavy atom. The minimum atomic E-state index is -0.0878. The van der Waals surface area contributed by atoms with Gasteiger partial charge in [0.25, 0.3) is 5.91 Å². The molecule has 0 aromatic carbocycles. The number of nitrogens with zero attached hydrogens (tertiary/aromatic N) is 2.